The number of benzene rings is 2. The van der Waals surface area contributed by atoms with E-state index >= 15 is 0 Å². The van der Waals surface area contributed by atoms with Crippen molar-refractivity contribution in [3.05, 3.63) is 58.9 Å². The largest absolute Gasteiger partial charge is 0.496 e. The maximum Gasteiger partial charge on any atom is 0.342 e. The van der Waals surface area contributed by atoms with Gasteiger partial charge < -0.3 is 14.8 Å². The predicted molar refractivity (Wildman–Crippen MR) is 83.3 cm³/mol. The van der Waals surface area contributed by atoms with Crippen molar-refractivity contribution in [3.63, 3.8) is 0 Å². The zero-order valence-electron chi connectivity index (χ0n) is 12.1. The summed E-state index contributed by atoms with van der Waals surface area (Å²) in [5.74, 6) is -1.54. The molecule has 0 aliphatic carbocycles. The molecule has 0 heterocycles. The molecule has 0 saturated carbocycles. The van der Waals surface area contributed by atoms with Crippen LogP contribution < -0.4 is 10.1 Å². The van der Waals surface area contributed by atoms with Crippen LogP contribution in [-0.4, -0.2) is 25.6 Å². The van der Waals surface area contributed by atoms with Crippen LogP contribution in [-0.2, 0) is 9.53 Å². The van der Waals surface area contributed by atoms with E-state index in [-0.39, 0.29) is 17.0 Å². The number of carbonyl (C=O) groups excluding carboxylic acids is 2. The van der Waals surface area contributed by atoms with Crippen LogP contribution in [0, 0.1) is 5.82 Å². The van der Waals surface area contributed by atoms with E-state index in [9.17, 15) is 14.0 Å². The number of rotatable bonds is 5. The van der Waals surface area contributed by atoms with E-state index in [0.717, 1.165) is 6.07 Å². The van der Waals surface area contributed by atoms with Crippen LogP contribution in [0.2, 0.25) is 5.02 Å². The highest BCUT2D eigenvalue weighted by atomic mass is 35.5. The summed E-state index contributed by atoms with van der Waals surface area (Å²) in [5, 5.41) is 2.75. The number of carbonyl (C=O) groups is 2. The molecule has 2 rings (SSSR count). The van der Waals surface area contributed by atoms with Gasteiger partial charge in [-0.2, -0.15) is 0 Å². The molecule has 2 aromatic rings. The molecule has 0 unspecified atom stereocenters. The molecule has 0 spiro atoms. The lowest BCUT2D eigenvalue weighted by Gasteiger charge is -2.09. The minimum absolute atomic E-state index is 0.110. The first-order valence-corrected chi connectivity index (χ1v) is 6.93. The number of hydrogen-bond donors (Lipinski definition) is 1. The second-order valence-corrected chi connectivity index (χ2v) is 4.92. The molecule has 2 aromatic carbocycles. The lowest BCUT2D eigenvalue weighted by Crippen LogP contribution is -2.21. The van der Waals surface area contributed by atoms with Crippen molar-refractivity contribution < 1.29 is 23.5 Å². The van der Waals surface area contributed by atoms with Crippen LogP contribution in [0.4, 0.5) is 10.1 Å². The Balaban J connectivity index is 1.96. The van der Waals surface area contributed by atoms with Crippen molar-refractivity contribution in [1.82, 2.24) is 0 Å². The number of esters is 1. The van der Waals surface area contributed by atoms with Gasteiger partial charge in [0.1, 0.15) is 17.1 Å². The monoisotopic (exact) mass is 337 g/mol. The predicted octanol–water partition coefficient (Wildman–Crippen LogP) is 3.28. The summed E-state index contributed by atoms with van der Waals surface area (Å²) in [6.07, 6.45) is 0. The number of anilines is 1. The third-order valence-electron chi connectivity index (χ3n) is 2.82. The summed E-state index contributed by atoms with van der Waals surface area (Å²) in [6, 6.07) is 9.84. The summed E-state index contributed by atoms with van der Waals surface area (Å²) < 4.78 is 23.0. The normalized spacial score (nSPS) is 10.0. The van der Waals surface area contributed by atoms with Gasteiger partial charge in [-0.1, -0.05) is 17.7 Å². The van der Waals surface area contributed by atoms with E-state index in [4.69, 9.17) is 21.1 Å². The van der Waals surface area contributed by atoms with Gasteiger partial charge in [0.05, 0.1) is 7.11 Å². The second kappa shape index (κ2) is 7.60. The molecular weight excluding hydrogens is 325 g/mol. The van der Waals surface area contributed by atoms with Crippen molar-refractivity contribution in [3.8, 4) is 5.75 Å². The van der Waals surface area contributed by atoms with Crippen molar-refractivity contribution in [1.29, 1.82) is 0 Å². The molecule has 0 fully saturated rings. The van der Waals surface area contributed by atoms with Gasteiger partial charge >= 0.3 is 5.97 Å². The van der Waals surface area contributed by atoms with Crippen LogP contribution in [0.3, 0.4) is 0 Å². The molecule has 7 heteroatoms. The Morgan fingerprint density at radius 2 is 2.00 bits per heavy atom. The van der Waals surface area contributed by atoms with E-state index in [1.807, 2.05) is 0 Å². The van der Waals surface area contributed by atoms with E-state index in [1.54, 1.807) is 6.07 Å². The van der Waals surface area contributed by atoms with Crippen molar-refractivity contribution in [2.45, 2.75) is 0 Å². The topological polar surface area (TPSA) is 64.6 Å². The zero-order valence-corrected chi connectivity index (χ0v) is 12.9. The summed E-state index contributed by atoms with van der Waals surface area (Å²) in [4.78, 5) is 23.7. The van der Waals surface area contributed by atoms with Crippen molar-refractivity contribution >= 4 is 29.2 Å². The zero-order chi connectivity index (χ0) is 16.8. The van der Waals surface area contributed by atoms with E-state index < -0.39 is 24.3 Å². The lowest BCUT2D eigenvalue weighted by atomic mass is 10.2. The number of nitrogens with one attached hydrogen (secondary N) is 1. The van der Waals surface area contributed by atoms with E-state index in [2.05, 4.69) is 5.32 Å². The standard InChI is InChI=1S/C16H13ClFNO4/c1-22-14-6-5-10(17)7-13(14)16(21)23-9-15(20)19-12-4-2-3-11(18)8-12/h2-8H,9H2,1H3,(H,19,20). The van der Waals surface area contributed by atoms with E-state index in [1.165, 1.54) is 37.4 Å². The number of methoxy groups -OCH3 is 1. The second-order valence-electron chi connectivity index (χ2n) is 4.48. The minimum Gasteiger partial charge on any atom is -0.496 e. The molecule has 120 valence electrons. The molecule has 0 bridgehead atoms. The van der Waals surface area contributed by atoms with Crippen LogP contribution in [0.15, 0.2) is 42.5 Å². The summed E-state index contributed by atoms with van der Waals surface area (Å²) >= 11 is 5.82. The lowest BCUT2D eigenvalue weighted by molar-refractivity contribution is -0.119. The number of ether oxygens (including phenoxy) is 2. The molecular formula is C16H13ClFNO4. The first kappa shape index (κ1) is 16.8. The van der Waals surface area contributed by atoms with Crippen molar-refractivity contribution in [2.24, 2.45) is 0 Å². The summed E-state index contributed by atoms with van der Waals surface area (Å²) in [7, 11) is 1.40. The van der Waals surface area contributed by atoms with Crippen LogP contribution in [0.5, 0.6) is 5.75 Å². The molecule has 0 saturated heterocycles. The van der Waals surface area contributed by atoms with Gasteiger partial charge in [-0.25, -0.2) is 9.18 Å². The highest BCUT2D eigenvalue weighted by molar-refractivity contribution is 6.31. The molecule has 1 amide bonds. The maximum absolute atomic E-state index is 13.0. The third kappa shape index (κ3) is 4.69. The molecule has 0 radical (unpaired) electrons. The van der Waals surface area contributed by atoms with Gasteiger partial charge in [0.25, 0.3) is 5.91 Å². The quantitative estimate of drug-likeness (QED) is 0.850. The molecule has 0 aromatic heterocycles. The number of amides is 1. The number of hydrogen-bond acceptors (Lipinski definition) is 4. The number of halogens is 2. The molecule has 0 aliphatic heterocycles. The fourth-order valence-electron chi connectivity index (χ4n) is 1.81. The Morgan fingerprint density at radius 1 is 1.22 bits per heavy atom. The average Bonchev–Trinajstić information content (AvgIpc) is 2.52. The first-order chi connectivity index (χ1) is 11.0. The van der Waals surface area contributed by atoms with E-state index in [0.29, 0.717) is 5.02 Å². The van der Waals surface area contributed by atoms with Gasteiger partial charge in [0, 0.05) is 10.7 Å². The smallest absolute Gasteiger partial charge is 0.342 e. The molecule has 1 N–H and O–H groups in total. The van der Waals surface area contributed by atoms with Crippen LogP contribution in [0.25, 0.3) is 0 Å². The minimum atomic E-state index is -0.751. The Hall–Kier alpha value is -2.60. The third-order valence-corrected chi connectivity index (χ3v) is 3.06. The Labute approximate surface area is 137 Å². The fourth-order valence-corrected chi connectivity index (χ4v) is 1.98. The summed E-state index contributed by atoms with van der Waals surface area (Å²) in [6.45, 7) is -0.523. The van der Waals surface area contributed by atoms with Gasteiger partial charge in [0.15, 0.2) is 6.61 Å². The highest BCUT2D eigenvalue weighted by Gasteiger charge is 2.16. The average molecular weight is 338 g/mol. The Bertz CT molecular complexity index is 736. The summed E-state index contributed by atoms with van der Waals surface area (Å²) in [5.41, 5.74) is 0.380. The molecule has 5 nitrogen and oxygen atoms in total. The van der Waals surface area contributed by atoms with Crippen molar-refractivity contribution in [2.75, 3.05) is 19.0 Å². The van der Waals surface area contributed by atoms with Gasteiger partial charge in [0.2, 0.25) is 0 Å². The molecule has 23 heavy (non-hydrogen) atoms. The maximum atomic E-state index is 13.0. The molecule has 0 aliphatic rings. The Kier molecular flexibility index (Phi) is 5.54. The fraction of sp³-hybridized carbons (Fsp3) is 0.125. The van der Waals surface area contributed by atoms with Crippen LogP contribution in [0.1, 0.15) is 10.4 Å². The molecule has 0 atom stereocenters. The highest BCUT2D eigenvalue weighted by Crippen LogP contribution is 2.23. The van der Waals surface area contributed by atoms with Gasteiger partial charge in [-0.3, -0.25) is 4.79 Å². The van der Waals surface area contributed by atoms with Crippen LogP contribution >= 0.6 is 11.6 Å². The SMILES string of the molecule is COc1ccc(Cl)cc1C(=O)OCC(=O)Nc1cccc(F)c1. The van der Waals surface area contributed by atoms with Gasteiger partial charge in [-0.15, -0.1) is 0 Å². The first-order valence-electron chi connectivity index (χ1n) is 6.55. The Morgan fingerprint density at radius 3 is 2.70 bits per heavy atom. The van der Waals surface area contributed by atoms with Gasteiger partial charge in [-0.05, 0) is 36.4 Å².